The van der Waals surface area contributed by atoms with Crippen LogP contribution < -0.4 is 14.2 Å². The molecule has 3 nitrogen and oxygen atoms in total. The van der Waals surface area contributed by atoms with Crippen molar-refractivity contribution < 1.29 is 14.2 Å². The van der Waals surface area contributed by atoms with Crippen molar-refractivity contribution in [2.24, 2.45) is 0 Å². The Morgan fingerprint density at radius 1 is 0.824 bits per heavy atom. The van der Waals surface area contributed by atoms with Crippen LogP contribution in [-0.2, 0) is 0 Å². The predicted molar refractivity (Wildman–Crippen MR) is 68.3 cm³/mol. The Labute approximate surface area is 101 Å². The first-order chi connectivity index (χ1) is 8.21. The second-order valence-electron chi connectivity index (χ2n) is 3.84. The third kappa shape index (κ3) is 1.88. The number of ether oxygens (including phenoxy) is 3. The van der Waals surface area contributed by atoms with Gasteiger partial charge in [0.05, 0.1) is 21.3 Å². The average molecular weight is 232 g/mol. The normalized spacial score (nSPS) is 10.4. The Morgan fingerprint density at radius 3 is 2.18 bits per heavy atom. The predicted octanol–water partition coefficient (Wildman–Crippen LogP) is 3.17. The molecule has 0 bridgehead atoms. The Bertz CT molecular complexity index is 547. The van der Waals surface area contributed by atoms with Crippen LogP contribution in [0.3, 0.4) is 0 Å². The van der Waals surface area contributed by atoms with E-state index in [2.05, 4.69) is 0 Å². The number of rotatable bonds is 3. The van der Waals surface area contributed by atoms with Gasteiger partial charge in [-0.1, -0.05) is 0 Å². The van der Waals surface area contributed by atoms with E-state index in [0.29, 0.717) is 0 Å². The summed E-state index contributed by atoms with van der Waals surface area (Å²) in [6.45, 7) is 2.00. The van der Waals surface area contributed by atoms with E-state index in [1.165, 1.54) is 0 Å². The van der Waals surface area contributed by atoms with Gasteiger partial charge in [0, 0.05) is 10.8 Å². The van der Waals surface area contributed by atoms with Gasteiger partial charge in [0.25, 0.3) is 0 Å². The van der Waals surface area contributed by atoms with Crippen LogP contribution in [-0.4, -0.2) is 21.3 Å². The van der Waals surface area contributed by atoms with Crippen LogP contribution in [0.4, 0.5) is 0 Å². The van der Waals surface area contributed by atoms with Crippen molar-refractivity contribution in [2.45, 2.75) is 6.92 Å². The number of hydrogen-bond donors (Lipinski definition) is 0. The lowest BCUT2D eigenvalue weighted by Gasteiger charge is -2.13. The van der Waals surface area contributed by atoms with Crippen molar-refractivity contribution in [3.63, 3.8) is 0 Å². The molecule has 0 unspecified atom stereocenters. The molecule has 17 heavy (non-hydrogen) atoms. The number of benzene rings is 2. The minimum absolute atomic E-state index is 0.807. The first kappa shape index (κ1) is 11.6. The molecule has 0 aliphatic carbocycles. The second kappa shape index (κ2) is 4.53. The third-order valence-corrected chi connectivity index (χ3v) is 2.87. The zero-order chi connectivity index (χ0) is 12.4. The molecule has 0 saturated carbocycles. The molecule has 0 spiro atoms. The van der Waals surface area contributed by atoms with E-state index in [0.717, 1.165) is 33.6 Å². The Hall–Kier alpha value is -1.90. The summed E-state index contributed by atoms with van der Waals surface area (Å²) in [6.07, 6.45) is 0. The van der Waals surface area contributed by atoms with E-state index in [9.17, 15) is 0 Å². The molecule has 0 amide bonds. The fraction of sp³-hybridized carbons (Fsp3) is 0.286. The molecule has 2 aromatic rings. The Morgan fingerprint density at radius 2 is 1.59 bits per heavy atom. The molecule has 2 aromatic carbocycles. The molecule has 0 heterocycles. The highest BCUT2D eigenvalue weighted by Crippen LogP contribution is 2.37. The zero-order valence-corrected chi connectivity index (χ0v) is 10.5. The summed E-state index contributed by atoms with van der Waals surface area (Å²) in [6, 6.07) is 7.84. The standard InChI is InChI=1S/C14H16O3/c1-9-7-13(16-3)12-8-10(15-2)5-6-11(12)14(9)17-4/h5-8H,1-4H3. The van der Waals surface area contributed by atoms with Gasteiger partial charge in [-0.25, -0.2) is 0 Å². The topological polar surface area (TPSA) is 27.7 Å². The van der Waals surface area contributed by atoms with Crippen LogP contribution in [0.1, 0.15) is 5.56 Å². The van der Waals surface area contributed by atoms with Gasteiger partial charge in [-0.2, -0.15) is 0 Å². The van der Waals surface area contributed by atoms with Crippen molar-refractivity contribution in [1.29, 1.82) is 0 Å². The summed E-state index contributed by atoms with van der Waals surface area (Å²) in [7, 11) is 5.00. The van der Waals surface area contributed by atoms with Gasteiger partial charge in [-0.3, -0.25) is 0 Å². The van der Waals surface area contributed by atoms with Crippen LogP contribution in [0.15, 0.2) is 24.3 Å². The van der Waals surface area contributed by atoms with E-state index in [-0.39, 0.29) is 0 Å². The fourth-order valence-corrected chi connectivity index (χ4v) is 2.04. The molecule has 0 fully saturated rings. The van der Waals surface area contributed by atoms with Gasteiger partial charge in [-0.15, -0.1) is 0 Å². The minimum Gasteiger partial charge on any atom is -0.497 e. The molecule has 0 aliphatic rings. The Kier molecular flexibility index (Phi) is 3.09. The molecular formula is C14H16O3. The lowest BCUT2D eigenvalue weighted by Crippen LogP contribution is -1.93. The summed E-state index contributed by atoms with van der Waals surface area (Å²) in [5, 5.41) is 2.03. The summed E-state index contributed by atoms with van der Waals surface area (Å²) in [4.78, 5) is 0. The lowest BCUT2D eigenvalue weighted by atomic mass is 10.0. The fourth-order valence-electron chi connectivity index (χ4n) is 2.04. The van der Waals surface area contributed by atoms with Crippen molar-refractivity contribution in [3.05, 3.63) is 29.8 Å². The monoisotopic (exact) mass is 232 g/mol. The first-order valence-electron chi connectivity index (χ1n) is 5.40. The zero-order valence-electron chi connectivity index (χ0n) is 10.5. The quantitative estimate of drug-likeness (QED) is 0.813. The molecule has 0 N–H and O–H groups in total. The van der Waals surface area contributed by atoms with Gasteiger partial charge in [0.2, 0.25) is 0 Å². The van der Waals surface area contributed by atoms with Gasteiger partial charge in [0.1, 0.15) is 17.2 Å². The molecule has 90 valence electrons. The summed E-state index contributed by atoms with van der Waals surface area (Å²) in [5.74, 6) is 2.52. The van der Waals surface area contributed by atoms with Crippen LogP contribution in [0.25, 0.3) is 10.8 Å². The molecule has 0 radical (unpaired) electrons. The smallest absolute Gasteiger partial charge is 0.129 e. The van der Waals surface area contributed by atoms with Crippen molar-refractivity contribution in [2.75, 3.05) is 21.3 Å². The van der Waals surface area contributed by atoms with Crippen LogP contribution >= 0.6 is 0 Å². The highest BCUT2D eigenvalue weighted by molar-refractivity contribution is 5.95. The van der Waals surface area contributed by atoms with Gasteiger partial charge in [0.15, 0.2) is 0 Å². The van der Waals surface area contributed by atoms with E-state index in [4.69, 9.17) is 14.2 Å². The van der Waals surface area contributed by atoms with Crippen molar-refractivity contribution in [1.82, 2.24) is 0 Å². The minimum atomic E-state index is 0.807. The van der Waals surface area contributed by atoms with Crippen LogP contribution in [0.5, 0.6) is 17.2 Å². The van der Waals surface area contributed by atoms with E-state index in [1.54, 1.807) is 21.3 Å². The van der Waals surface area contributed by atoms with Crippen LogP contribution in [0.2, 0.25) is 0 Å². The summed E-state index contributed by atoms with van der Waals surface area (Å²) >= 11 is 0. The number of methoxy groups -OCH3 is 3. The van der Waals surface area contributed by atoms with Gasteiger partial charge >= 0.3 is 0 Å². The van der Waals surface area contributed by atoms with Crippen LogP contribution in [0, 0.1) is 6.92 Å². The van der Waals surface area contributed by atoms with E-state index < -0.39 is 0 Å². The maximum Gasteiger partial charge on any atom is 0.129 e. The summed E-state index contributed by atoms with van der Waals surface area (Å²) < 4.78 is 16.1. The van der Waals surface area contributed by atoms with Crippen molar-refractivity contribution in [3.8, 4) is 17.2 Å². The molecule has 0 atom stereocenters. The lowest BCUT2D eigenvalue weighted by molar-refractivity contribution is 0.405. The van der Waals surface area contributed by atoms with Crippen molar-refractivity contribution >= 4 is 10.8 Å². The number of fused-ring (bicyclic) bond motifs is 1. The maximum atomic E-state index is 5.43. The first-order valence-corrected chi connectivity index (χ1v) is 5.40. The Balaban J connectivity index is 2.81. The highest BCUT2D eigenvalue weighted by atomic mass is 16.5. The number of aryl methyl sites for hydroxylation is 1. The SMILES string of the molecule is COc1ccc2c(OC)c(C)cc(OC)c2c1. The largest absolute Gasteiger partial charge is 0.497 e. The molecule has 0 saturated heterocycles. The molecule has 0 aromatic heterocycles. The molecule has 2 rings (SSSR count). The van der Waals surface area contributed by atoms with E-state index >= 15 is 0 Å². The third-order valence-electron chi connectivity index (χ3n) is 2.87. The highest BCUT2D eigenvalue weighted by Gasteiger charge is 2.11. The molecular weight excluding hydrogens is 216 g/mol. The molecule has 0 aliphatic heterocycles. The molecule has 3 heteroatoms. The van der Waals surface area contributed by atoms with Gasteiger partial charge < -0.3 is 14.2 Å². The van der Waals surface area contributed by atoms with Gasteiger partial charge in [-0.05, 0) is 36.8 Å². The maximum absolute atomic E-state index is 5.43. The number of hydrogen-bond acceptors (Lipinski definition) is 3. The van der Waals surface area contributed by atoms with E-state index in [1.807, 2.05) is 31.2 Å². The summed E-state index contributed by atoms with van der Waals surface area (Å²) in [5.41, 5.74) is 1.06. The average Bonchev–Trinajstić information content (AvgIpc) is 2.37. The second-order valence-corrected chi connectivity index (χ2v) is 3.84.